The molecule has 2 rings (SSSR count). The van der Waals surface area contributed by atoms with Crippen molar-refractivity contribution in [1.82, 2.24) is 10.2 Å². The first-order valence-electron chi connectivity index (χ1n) is 8.47. The van der Waals surface area contributed by atoms with Gasteiger partial charge < -0.3 is 10.0 Å². The van der Waals surface area contributed by atoms with Gasteiger partial charge in [-0.15, -0.1) is 0 Å². The third-order valence-corrected chi connectivity index (χ3v) is 4.91. The molecule has 3 N–H and O–H groups in total. The summed E-state index contributed by atoms with van der Waals surface area (Å²) in [6.07, 6.45) is 9.65. The van der Waals surface area contributed by atoms with Crippen molar-refractivity contribution < 1.29 is 10.0 Å². The summed E-state index contributed by atoms with van der Waals surface area (Å²) in [7, 11) is -1.13. The van der Waals surface area contributed by atoms with Gasteiger partial charge in [0, 0.05) is 12.1 Å². The van der Waals surface area contributed by atoms with Crippen molar-refractivity contribution in [3.05, 3.63) is 0 Å². The maximum atomic E-state index is 8.87. The molecule has 2 aliphatic rings. The number of hydrogen-bond donors (Lipinski definition) is 3. The van der Waals surface area contributed by atoms with Crippen LogP contribution in [0.15, 0.2) is 0 Å². The highest BCUT2D eigenvalue weighted by Gasteiger charge is 2.41. The Morgan fingerprint density at radius 1 is 1.15 bits per heavy atom. The molecule has 5 heteroatoms. The monoisotopic (exact) mass is 282 g/mol. The topological polar surface area (TPSA) is 55.7 Å². The molecule has 0 aromatic rings. The van der Waals surface area contributed by atoms with Crippen molar-refractivity contribution in [2.24, 2.45) is 5.92 Å². The van der Waals surface area contributed by atoms with E-state index in [1.54, 1.807) is 0 Å². The summed E-state index contributed by atoms with van der Waals surface area (Å²) in [6.45, 7) is 5.77. The van der Waals surface area contributed by atoms with Crippen LogP contribution in [0, 0.1) is 5.92 Å². The normalized spacial score (nSPS) is 30.8. The Balaban J connectivity index is 1.79. The van der Waals surface area contributed by atoms with Gasteiger partial charge in [-0.05, 0) is 38.0 Å². The van der Waals surface area contributed by atoms with Gasteiger partial charge in [-0.25, -0.2) is 0 Å². The first-order chi connectivity index (χ1) is 9.59. The van der Waals surface area contributed by atoms with E-state index in [4.69, 9.17) is 10.0 Å². The smallest absolute Gasteiger partial charge is 0.427 e. The van der Waals surface area contributed by atoms with Gasteiger partial charge in [0.1, 0.15) is 0 Å². The fourth-order valence-electron chi connectivity index (χ4n) is 3.90. The molecule has 1 aliphatic heterocycles. The standard InChI is InChI=1S/C15H31BN2O2/c1-12(2)15-17-13-8-4-5-9-14(13)18(15)11-7-3-6-10-16(19)20/h12-15,17,19-20H,3-11H2,1-2H3. The van der Waals surface area contributed by atoms with E-state index in [9.17, 15) is 0 Å². The van der Waals surface area contributed by atoms with Crippen LogP contribution < -0.4 is 5.32 Å². The van der Waals surface area contributed by atoms with Crippen LogP contribution in [0.4, 0.5) is 0 Å². The predicted molar refractivity (Wildman–Crippen MR) is 83.4 cm³/mol. The molecular weight excluding hydrogens is 251 g/mol. The molecule has 116 valence electrons. The third-order valence-electron chi connectivity index (χ3n) is 4.91. The summed E-state index contributed by atoms with van der Waals surface area (Å²) >= 11 is 0. The molecule has 3 atom stereocenters. The highest BCUT2D eigenvalue weighted by atomic mass is 16.4. The summed E-state index contributed by atoms with van der Waals surface area (Å²) in [4.78, 5) is 2.70. The van der Waals surface area contributed by atoms with E-state index in [0.29, 0.717) is 24.4 Å². The van der Waals surface area contributed by atoms with Crippen LogP contribution in [0.25, 0.3) is 0 Å². The van der Waals surface area contributed by atoms with Crippen LogP contribution in [0.3, 0.4) is 0 Å². The summed E-state index contributed by atoms with van der Waals surface area (Å²) < 4.78 is 0. The lowest BCUT2D eigenvalue weighted by Gasteiger charge is -2.33. The van der Waals surface area contributed by atoms with Gasteiger partial charge in [-0.1, -0.05) is 39.5 Å². The zero-order valence-electron chi connectivity index (χ0n) is 13.1. The maximum absolute atomic E-state index is 8.87. The average molecular weight is 282 g/mol. The van der Waals surface area contributed by atoms with Crippen molar-refractivity contribution in [3.8, 4) is 0 Å². The van der Waals surface area contributed by atoms with Gasteiger partial charge in [-0.3, -0.25) is 10.2 Å². The number of nitrogens with zero attached hydrogens (tertiary/aromatic N) is 1. The van der Waals surface area contributed by atoms with Crippen LogP contribution in [-0.4, -0.2) is 46.9 Å². The van der Waals surface area contributed by atoms with E-state index < -0.39 is 7.12 Å². The van der Waals surface area contributed by atoms with Gasteiger partial charge in [-0.2, -0.15) is 0 Å². The lowest BCUT2D eigenvalue weighted by molar-refractivity contribution is 0.133. The summed E-state index contributed by atoms with van der Waals surface area (Å²) in [6, 6.07) is 1.44. The fourth-order valence-corrected chi connectivity index (χ4v) is 3.90. The minimum absolute atomic E-state index is 0.512. The van der Waals surface area contributed by atoms with Crippen molar-refractivity contribution in [1.29, 1.82) is 0 Å². The largest absolute Gasteiger partial charge is 0.451 e. The first kappa shape index (κ1) is 16.3. The lowest BCUT2D eigenvalue weighted by atomic mass is 9.83. The van der Waals surface area contributed by atoms with Gasteiger partial charge in [0.2, 0.25) is 0 Å². The molecule has 0 radical (unpaired) electrons. The minimum Gasteiger partial charge on any atom is -0.427 e. The minimum atomic E-state index is -1.13. The van der Waals surface area contributed by atoms with Crippen molar-refractivity contribution in [2.75, 3.05) is 6.54 Å². The molecule has 1 heterocycles. The predicted octanol–water partition coefficient (Wildman–Crippen LogP) is 1.83. The second-order valence-electron chi connectivity index (χ2n) is 6.88. The Hall–Kier alpha value is -0.0951. The van der Waals surface area contributed by atoms with Crippen LogP contribution in [-0.2, 0) is 0 Å². The van der Waals surface area contributed by atoms with Crippen molar-refractivity contribution >= 4 is 7.12 Å². The SMILES string of the molecule is CC(C)C1NC2CCCCC2N1CCCCCB(O)O. The van der Waals surface area contributed by atoms with Gasteiger partial charge >= 0.3 is 7.12 Å². The van der Waals surface area contributed by atoms with Crippen LogP contribution in [0.5, 0.6) is 0 Å². The van der Waals surface area contributed by atoms with Gasteiger partial charge in [0.15, 0.2) is 0 Å². The fraction of sp³-hybridized carbons (Fsp3) is 1.00. The van der Waals surface area contributed by atoms with Gasteiger partial charge in [0.25, 0.3) is 0 Å². The van der Waals surface area contributed by atoms with Crippen molar-refractivity contribution in [3.63, 3.8) is 0 Å². The van der Waals surface area contributed by atoms with E-state index in [1.165, 1.54) is 32.1 Å². The van der Waals surface area contributed by atoms with E-state index in [2.05, 4.69) is 24.1 Å². The Morgan fingerprint density at radius 3 is 2.60 bits per heavy atom. The molecule has 0 aromatic carbocycles. The molecule has 1 saturated heterocycles. The molecular formula is C15H31BN2O2. The number of rotatable bonds is 7. The molecule has 0 aromatic heterocycles. The summed E-state index contributed by atoms with van der Waals surface area (Å²) in [5, 5.41) is 21.6. The highest BCUT2D eigenvalue weighted by Crippen LogP contribution is 2.32. The number of unbranched alkanes of at least 4 members (excludes halogenated alkanes) is 2. The Bertz CT molecular complexity index is 287. The number of fused-ring (bicyclic) bond motifs is 1. The molecule has 1 aliphatic carbocycles. The van der Waals surface area contributed by atoms with Crippen LogP contribution >= 0.6 is 0 Å². The van der Waals surface area contributed by atoms with Crippen LogP contribution in [0.2, 0.25) is 6.32 Å². The average Bonchev–Trinajstić information content (AvgIpc) is 2.77. The quantitative estimate of drug-likeness (QED) is 0.492. The van der Waals surface area contributed by atoms with Crippen molar-refractivity contribution in [2.45, 2.75) is 83.4 Å². The number of hydrogen-bond acceptors (Lipinski definition) is 4. The van der Waals surface area contributed by atoms with Gasteiger partial charge in [0.05, 0.1) is 6.17 Å². The molecule has 3 unspecified atom stereocenters. The summed E-state index contributed by atoms with van der Waals surface area (Å²) in [5.74, 6) is 0.653. The van der Waals surface area contributed by atoms with E-state index in [0.717, 1.165) is 25.4 Å². The zero-order valence-corrected chi connectivity index (χ0v) is 13.1. The third kappa shape index (κ3) is 4.20. The zero-order chi connectivity index (χ0) is 14.5. The molecule has 0 amide bonds. The maximum Gasteiger partial charge on any atom is 0.451 e. The Labute approximate surface area is 124 Å². The first-order valence-corrected chi connectivity index (χ1v) is 8.47. The molecule has 1 saturated carbocycles. The number of nitrogens with one attached hydrogen (secondary N) is 1. The molecule has 20 heavy (non-hydrogen) atoms. The second kappa shape index (κ2) is 7.78. The van der Waals surface area contributed by atoms with E-state index in [-0.39, 0.29) is 0 Å². The van der Waals surface area contributed by atoms with E-state index in [1.807, 2.05) is 0 Å². The molecule has 2 fully saturated rings. The Morgan fingerprint density at radius 2 is 1.90 bits per heavy atom. The second-order valence-corrected chi connectivity index (χ2v) is 6.88. The van der Waals surface area contributed by atoms with Crippen LogP contribution in [0.1, 0.15) is 58.8 Å². The highest BCUT2D eigenvalue weighted by molar-refractivity contribution is 6.40. The van der Waals surface area contributed by atoms with E-state index >= 15 is 0 Å². The molecule has 4 nitrogen and oxygen atoms in total. The lowest BCUT2D eigenvalue weighted by Crippen LogP contribution is -2.43. The summed E-state index contributed by atoms with van der Waals surface area (Å²) in [5.41, 5.74) is 0. The molecule has 0 spiro atoms. The Kier molecular flexibility index (Phi) is 6.33. The molecule has 0 bridgehead atoms.